The number of non-ortho nitro benzene ring substituents is 1. The number of nitro benzene ring substituents is 1. The summed E-state index contributed by atoms with van der Waals surface area (Å²) in [6.07, 6.45) is 0.944. The van der Waals surface area contributed by atoms with Gasteiger partial charge in [-0.05, 0) is 30.7 Å². The van der Waals surface area contributed by atoms with E-state index < -0.39 is 4.92 Å². The molecule has 0 unspecified atom stereocenters. The van der Waals surface area contributed by atoms with Gasteiger partial charge in [0.15, 0.2) is 6.79 Å². The zero-order chi connectivity index (χ0) is 17.6. The highest BCUT2D eigenvalue weighted by atomic mass is 16.7. The van der Waals surface area contributed by atoms with Crippen molar-refractivity contribution in [1.82, 2.24) is 0 Å². The predicted molar refractivity (Wildman–Crippen MR) is 89.9 cm³/mol. The number of fused-ring (bicyclic) bond motifs is 1. The van der Waals surface area contributed by atoms with Crippen LogP contribution in [0, 0.1) is 10.1 Å². The van der Waals surface area contributed by atoms with Crippen molar-refractivity contribution in [3.63, 3.8) is 0 Å². The summed E-state index contributed by atoms with van der Waals surface area (Å²) in [6, 6.07) is 10.2. The molecule has 1 aliphatic rings. The summed E-state index contributed by atoms with van der Waals surface area (Å²) in [7, 11) is 0. The second kappa shape index (κ2) is 7.85. The maximum Gasteiger partial charge on any atom is 0.270 e. The van der Waals surface area contributed by atoms with Gasteiger partial charge < -0.3 is 18.9 Å². The van der Waals surface area contributed by atoms with E-state index in [2.05, 4.69) is 0 Å². The Morgan fingerprint density at radius 3 is 2.56 bits per heavy atom. The van der Waals surface area contributed by atoms with Crippen molar-refractivity contribution in [3.8, 4) is 17.2 Å². The molecule has 25 heavy (non-hydrogen) atoms. The molecule has 132 valence electrons. The first kappa shape index (κ1) is 17.0. The molecule has 0 radical (unpaired) electrons. The average Bonchev–Trinajstić information content (AvgIpc) is 2.65. The minimum absolute atomic E-state index is 0.00485. The fourth-order valence-electron chi connectivity index (χ4n) is 2.51. The van der Waals surface area contributed by atoms with E-state index >= 15 is 0 Å². The third-order valence-corrected chi connectivity index (χ3v) is 3.67. The summed E-state index contributed by atoms with van der Waals surface area (Å²) in [5.41, 5.74) is 1.27. The minimum atomic E-state index is -0.432. The monoisotopic (exact) mass is 345 g/mol. The quantitative estimate of drug-likeness (QED) is 0.560. The molecule has 0 amide bonds. The summed E-state index contributed by atoms with van der Waals surface area (Å²) in [6.45, 7) is 3.29. The van der Waals surface area contributed by atoms with Crippen LogP contribution in [0.15, 0.2) is 36.4 Å². The molecule has 2 aromatic rings. The van der Waals surface area contributed by atoms with Gasteiger partial charge in [-0.25, -0.2) is 0 Å². The molecule has 1 aliphatic heterocycles. The molecule has 0 aromatic heterocycles. The van der Waals surface area contributed by atoms with Crippen LogP contribution in [-0.4, -0.2) is 18.3 Å². The molecule has 3 rings (SSSR count). The predicted octanol–water partition coefficient (Wildman–Crippen LogP) is 3.83. The van der Waals surface area contributed by atoms with Crippen molar-refractivity contribution in [2.45, 2.75) is 26.6 Å². The molecular weight excluding hydrogens is 326 g/mol. The van der Waals surface area contributed by atoms with Gasteiger partial charge in [0.25, 0.3) is 5.69 Å². The first-order valence-electron chi connectivity index (χ1n) is 8.03. The summed E-state index contributed by atoms with van der Waals surface area (Å²) >= 11 is 0. The van der Waals surface area contributed by atoms with E-state index in [1.54, 1.807) is 12.1 Å². The minimum Gasteiger partial charge on any atom is -0.494 e. The Balaban J connectivity index is 1.74. The molecular formula is C18H19NO6. The Bertz CT molecular complexity index is 744. The molecule has 0 saturated heterocycles. The standard InChI is InChI=1S/C18H19NO6/c1-2-7-23-16-3-5-17(6-4-16)24-11-14-9-15(19(20)21)8-13-10-22-12-25-18(13)14/h3-6,8-9H,2,7,10-12H2,1H3. The van der Waals surface area contributed by atoms with Crippen LogP contribution in [0.2, 0.25) is 0 Å². The number of hydrogen-bond acceptors (Lipinski definition) is 6. The second-order valence-corrected chi connectivity index (χ2v) is 5.57. The summed E-state index contributed by atoms with van der Waals surface area (Å²) < 4.78 is 22.0. The van der Waals surface area contributed by atoms with E-state index in [0.29, 0.717) is 29.2 Å². The van der Waals surface area contributed by atoms with Crippen molar-refractivity contribution >= 4 is 5.69 Å². The highest BCUT2D eigenvalue weighted by Crippen LogP contribution is 2.33. The van der Waals surface area contributed by atoms with Gasteiger partial charge >= 0.3 is 0 Å². The zero-order valence-corrected chi connectivity index (χ0v) is 13.9. The number of hydrogen-bond donors (Lipinski definition) is 0. The van der Waals surface area contributed by atoms with E-state index in [9.17, 15) is 10.1 Å². The number of nitrogens with zero attached hydrogens (tertiary/aromatic N) is 1. The Labute approximate surface area is 145 Å². The van der Waals surface area contributed by atoms with Crippen LogP contribution in [0.3, 0.4) is 0 Å². The topological polar surface area (TPSA) is 80.1 Å². The van der Waals surface area contributed by atoms with Gasteiger partial charge in [0, 0.05) is 23.3 Å². The molecule has 0 saturated carbocycles. The summed E-state index contributed by atoms with van der Waals surface area (Å²) in [4.78, 5) is 10.7. The Hall–Kier alpha value is -2.80. The lowest BCUT2D eigenvalue weighted by Gasteiger charge is -2.20. The van der Waals surface area contributed by atoms with E-state index in [4.69, 9.17) is 18.9 Å². The number of rotatable bonds is 7. The molecule has 0 aliphatic carbocycles. The molecule has 0 N–H and O–H groups in total. The van der Waals surface area contributed by atoms with Gasteiger partial charge in [-0.1, -0.05) is 6.92 Å². The van der Waals surface area contributed by atoms with Gasteiger partial charge in [-0.2, -0.15) is 0 Å². The molecule has 1 heterocycles. The van der Waals surface area contributed by atoms with Gasteiger partial charge in [-0.15, -0.1) is 0 Å². The van der Waals surface area contributed by atoms with Crippen LogP contribution in [0.25, 0.3) is 0 Å². The van der Waals surface area contributed by atoms with Gasteiger partial charge in [0.05, 0.1) is 18.1 Å². The van der Waals surface area contributed by atoms with Crippen molar-refractivity contribution in [2.24, 2.45) is 0 Å². The smallest absolute Gasteiger partial charge is 0.270 e. The van der Waals surface area contributed by atoms with Crippen molar-refractivity contribution in [3.05, 3.63) is 57.6 Å². The molecule has 0 atom stereocenters. The van der Waals surface area contributed by atoms with Crippen LogP contribution in [0.1, 0.15) is 24.5 Å². The average molecular weight is 345 g/mol. The molecule has 2 aromatic carbocycles. The van der Waals surface area contributed by atoms with E-state index in [-0.39, 0.29) is 25.7 Å². The first-order chi connectivity index (χ1) is 12.2. The second-order valence-electron chi connectivity index (χ2n) is 5.57. The SMILES string of the molecule is CCCOc1ccc(OCc2cc([N+](=O)[O-])cc3c2OCOC3)cc1. The van der Waals surface area contributed by atoms with Crippen molar-refractivity contribution < 1.29 is 23.9 Å². The Morgan fingerprint density at radius 1 is 1.16 bits per heavy atom. The van der Waals surface area contributed by atoms with Crippen LogP contribution >= 0.6 is 0 Å². The Morgan fingerprint density at radius 2 is 1.88 bits per heavy atom. The van der Waals surface area contributed by atoms with Crippen molar-refractivity contribution in [1.29, 1.82) is 0 Å². The van der Waals surface area contributed by atoms with Crippen LogP contribution < -0.4 is 14.2 Å². The number of ether oxygens (including phenoxy) is 4. The highest BCUT2D eigenvalue weighted by molar-refractivity contribution is 5.50. The van der Waals surface area contributed by atoms with Crippen molar-refractivity contribution in [2.75, 3.05) is 13.4 Å². The number of nitro groups is 1. The number of benzene rings is 2. The maximum absolute atomic E-state index is 11.1. The normalized spacial score (nSPS) is 12.8. The Kier molecular flexibility index (Phi) is 5.35. The van der Waals surface area contributed by atoms with Crippen LogP contribution in [0.4, 0.5) is 5.69 Å². The van der Waals surface area contributed by atoms with Gasteiger partial charge in [0.1, 0.15) is 23.9 Å². The van der Waals surface area contributed by atoms with Gasteiger partial charge in [-0.3, -0.25) is 10.1 Å². The van der Waals surface area contributed by atoms with E-state index in [0.717, 1.165) is 12.2 Å². The van der Waals surface area contributed by atoms with Crippen LogP contribution in [-0.2, 0) is 18.0 Å². The molecule has 7 nitrogen and oxygen atoms in total. The summed E-state index contributed by atoms with van der Waals surface area (Å²) in [5.74, 6) is 2.03. The molecule has 0 spiro atoms. The maximum atomic E-state index is 11.1. The fraction of sp³-hybridized carbons (Fsp3) is 0.333. The zero-order valence-electron chi connectivity index (χ0n) is 13.9. The third-order valence-electron chi connectivity index (χ3n) is 3.67. The molecule has 7 heteroatoms. The van der Waals surface area contributed by atoms with Crippen LogP contribution in [0.5, 0.6) is 17.2 Å². The first-order valence-corrected chi connectivity index (χ1v) is 8.03. The highest BCUT2D eigenvalue weighted by Gasteiger charge is 2.21. The summed E-state index contributed by atoms with van der Waals surface area (Å²) in [5, 5.41) is 11.1. The largest absolute Gasteiger partial charge is 0.494 e. The lowest BCUT2D eigenvalue weighted by atomic mass is 10.1. The lowest BCUT2D eigenvalue weighted by Crippen LogP contribution is -2.14. The molecule has 0 fully saturated rings. The van der Waals surface area contributed by atoms with E-state index in [1.807, 2.05) is 19.1 Å². The van der Waals surface area contributed by atoms with E-state index in [1.165, 1.54) is 12.1 Å². The fourth-order valence-corrected chi connectivity index (χ4v) is 2.51. The third kappa shape index (κ3) is 4.19. The molecule has 0 bridgehead atoms. The lowest BCUT2D eigenvalue weighted by molar-refractivity contribution is -0.385. The van der Waals surface area contributed by atoms with Gasteiger partial charge in [0.2, 0.25) is 0 Å².